The fraction of sp³-hybridized carbons (Fsp3) is 0.278. The van der Waals surface area contributed by atoms with Crippen LogP contribution < -0.4 is 5.32 Å². The zero-order chi connectivity index (χ0) is 16.0. The molecule has 0 saturated carbocycles. The minimum atomic E-state index is -1.23. The quantitative estimate of drug-likeness (QED) is 0.862. The molecule has 0 saturated heterocycles. The standard InChI is InChI=1S/C18H20FNO2/c1-18(22,15-8-10-16(19)11-9-15)13-20-17(21)12-7-14-5-3-2-4-6-14/h2-6,8-11,22H,7,12-13H2,1H3,(H,20,21). The molecule has 3 nitrogen and oxygen atoms in total. The van der Waals surface area contributed by atoms with Gasteiger partial charge in [-0.25, -0.2) is 4.39 Å². The van der Waals surface area contributed by atoms with Crippen LogP contribution >= 0.6 is 0 Å². The third-order valence-corrected chi connectivity index (χ3v) is 3.58. The van der Waals surface area contributed by atoms with Gasteiger partial charge in [-0.2, -0.15) is 0 Å². The van der Waals surface area contributed by atoms with Gasteiger partial charge in [-0.05, 0) is 36.6 Å². The Hall–Kier alpha value is -2.20. The van der Waals surface area contributed by atoms with Crippen molar-refractivity contribution < 1.29 is 14.3 Å². The molecular weight excluding hydrogens is 281 g/mol. The average molecular weight is 301 g/mol. The molecule has 0 aliphatic rings. The number of nitrogens with one attached hydrogen (secondary N) is 1. The Morgan fingerprint density at radius 1 is 1.14 bits per heavy atom. The number of carbonyl (C=O) groups excluding carboxylic acids is 1. The van der Waals surface area contributed by atoms with Gasteiger partial charge in [0.2, 0.25) is 5.91 Å². The number of aliphatic hydroxyl groups is 1. The third kappa shape index (κ3) is 4.67. The summed E-state index contributed by atoms with van der Waals surface area (Å²) in [4.78, 5) is 11.9. The Morgan fingerprint density at radius 3 is 2.41 bits per heavy atom. The van der Waals surface area contributed by atoms with Gasteiger partial charge in [-0.15, -0.1) is 0 Å². The van der Waals surface area contributed by atoms with Gasteiger partial charge in [0.25, 0.3) is 0 Å². The second-order valence-corrected chi connectivity index (χ2v) is 5.54. The summed E-state index contributed by atoms with van der Waals surface area (Å²) >= 11 is 0. The van der Waals surface area contributed by atoms with Crippen LogP contribution in [-0.4, -0.2) is 17.6 Å². The average Bonchev–Trinajstić information content (AvgIpc) is 2.52. The largest absolute Gasteiger partial charge is 0.384 e. The minimum Gasteiger partial charge on any atom is -0.384 e. The summed E-state index contributed by atoms with van der Waals surface area (Å²) in [6.45, 7) is 1.68. The molecule has 2 rings (SSSR count). The first-order valence-electron chi connectivity index (χ1n) is 7.26. The van der Waals surface area contributed by atoms with E-state index in [4.69, 9.17) is 0 Å². The lowest BCUT2D eigenvalue weighted by Crippen LogP contribution is -2.38. The summed E-state index contributed by atoms with van der Waals surface area (Å²) < 4.78 is 12.9. The van der Waals surface area contributed by atoms with Crippen LogP contribution in [0.3, 0.4) is 0 Å². The smallest absolute Gasteiger partial charge is 0.220 e. The summed E-state index contributed by atoms with van der Waals surface area (Å²) in [5, 5.41) is 13.1. The molecule has 116 valence electrons. The summed E-state index contributed by atoms with van der Waals surface area (Å²) in [5.41, 5.74) is 0.441. The highest BCUT2D eigenvalue weighted by Gasteiger charge is 2.23. The van der Waals surface area contributed by atoms with Crippen LogP contribution in [0, 0.1) is 5.82 Å². The first-order chi connectivity index (χ1) is 10.5. The molecule has 1 amide bonds. The second-order valence-electron chi connectivity index (χ2n) is 5.54. The number of halogens is 1. The maximum absolute atomic E-state index is 12.9. The van der Waals surface area contributed by atoms with Gasteiger partial charge in [0.05, 0.1) is 6.54 Å². The molecule has 22 heavy (non-hydrogen) atoms. The SMILES string of the molecule is CC(O)(CNC(=O)CCc1ccccc1)c1ccc(F)cc1. The van der Waals surface area contributed by atoms with Crippen molar-refractivity contribution >= 4 is 5.91 Å². The van der Waals surface area contributed by atoms with E-state index in [0.717, 1.165) is 5.56 Å². The zero-order valence-electron chi connectivity index (χ0n) is 12.6. The molecule has 0 aliphatic heterocycles. The number of hydrogen-bond acceptors (Lipinski definition) is 2. The molecule has 2 N–H and O–H groups in total. The van der Waals surface area contributed by atoms with E-state index >= 15 is 0 Å². The van der Waals surface area contributed by atoms with Gasteiger partial charge in [0.15, 0.2) is 0 Å². The zero-order valence-corrected chi connectivity index (χ0v) is 12.6. The molecule has 0 bridgehead atoms. The molecule has 2 aromatic carbocycles. The monoisotopic (exact) mass is 301 g/mol. The van der Waals surface area contributed by atoms with Crippen molar-refractivity contribution in [1.82, 2.24) is 5.32 Å². The molecular formula is C18H20FNO2. The molecule has 0 aliphatic carbocycles. The van der Waals surface area contributed by atoms with Crippen LogP contribution in [0.5, 0.6) is 0 Å². The van der Waals surface area contributed by atoms with E-state index in [9.17, 15) is 14.3 Å². The lowest BCUT2D eigenvalue weighted by molar-refractivity contribution is -0.122. The van der Waals surface area contributed by atoms with Gasteiger partial charge in [-0.1, -0.05) is 42.5 Å². The molecule has 4 heteroatoms. The Bertz CT molecular complexity index is 609. The van der Waals surface area contributed by atoms with Gasteiger partial charge >= 0.3 is 0 Å². The Kier molecular flexibility index (Phi) is 5.28. The normalized spacial score (nSPS) is 13.4. The first-order valence-corrected chi connectivity index (χ1v) is 7.26. The first kappa shape index (κ1) is 16.2. The maximum atomic E-state index is 12.9. The molecule has 0 aromatic heterocycles. The van der Waals surface area contributed by atoms with E-state index in [2.05, 4.69) is 5.32 Å². The van der Waals surface area contributed by atoms with Crippen molar-refractivity contribution in [3.63, 3.8) is 0 Å². The lowest BCUT2D eigenvalue weighted by Gasteiger charge is -2.24. The van der Waals surface area contributed by atoms with Crippen LogP contribution in [0.1, 0.15) is 24.5 Å². The van der Waals surface area contributed by atoms with Gasteiger partial charge in [0.1, 0.15) is 11.4 Å². The van der Waals surface area contributed by atoms with Gasteiger partial charge in [-0.3, -0.25) is 4.79 Å². The van der Waals surface area contributed by atoms with E-state index in [-0.39, 0.29) is 18.3 Å². The predicted molar refractivity (Wildman–Crippen MR) is 83.7 cm³/mol. The second kappa shape index (κ2) is 7.18. The molecule has 1 atom stereocenters. The Morgan fingerprint density at radius 2 is 1.77 bits per heavy atom. The van der Waals surface area contributed by atoms with Crippen molar-refractivity contribution in [1.29, 1.82) is 0 Å². The van der Waals surface area contributed by atoms with Crippen molar-refractivity contribution in [2.75, 3.05) is 6.54 Å². The van der Waals surface area contributed by atoms with Crippen molar-refractivity contribution in [3.8, 4) is 0 Å². The van der Waals surface area contributed by atoms with Crippen molar-refractivity contribution in [2.24, 2.45) is 0 Å². The van der Waals surface area contributed by atoms with Gasteiger partial charge < -0.3 is 10.4 Å². The van der Waals surface area contributed by atoms with E-state index < -0.39 is 5.60 Å². The molecule has 0 radical (unpaired) electrons. The highest BCUT2D eigenvalue weighted by Crippen LogP contribution is 2.19. The fourth-order valence-electron chi connectivity index (χ4n) is 2.17. The number of amides is 1. The van der Waals surface area contributed by atoms with E-state index in [1.54, 1.807) is 6.92 Å². The summed E-state index contributed by atoms with van der Waals surface area (Å²) in [6, 6.07) is 15.4. The fourth-order valence-corrected chi connectivity index (χ4v) is 2.17. The summed E-state index contributed by atoms with van der Waals surface area (Å²) in [6.07, 6.45) is 1.02. The predicted octanol–water partition coefficient (Wildman–Crippen LogP) is 2.78. The van der Waals surface area contributed by atoms with Crippen LogP contribution in [0.15, 0.2) is 54.6 Å². The molecule has 2 aromatic rings. The number of aryl methyl sites for hydroxylation is 1. The molecule has 0 spiro atoms. The van der Waals surface area contributed by atoms with Crippen LogP contribution in [0.4, 0.5) is 4.39 Å². The highest BCUT2D eigenvalue weighted by molar-refractivity contribution is 5.76. The number of rotatable bonds is 6. The van der Waals surface area contributed by atoms with Gasteiger partial charge in [0, 0.05) is 6.42 Å². The Balaban J connectivity index is 1.83. The molecule has 1 unspecified atom stereocenters. The maximum Gasteiger partial charge on any atom is 0.220 e. The lowest BCUT2D eigenvalue weighted by atomic mass is 9.96. The van der Waals surface area contributed by atoms with Crippen LogP contribution in [0.2, 0.25) is 0 Å². The highest BCUT2D eigenvalue weighted by atomic mass is 19.1. The number of hydrogen-bond donors (Lipinski definition) is 2. The van der Waals surface area contributed by atoms with Crippen molar-refractivity contribution in [3.05, 3.63) is 71.5 Å². The van der Waals surface area contributed by atoms with Crippen LogP contribution in [-0.2, 0) is 16.8 Å². The number of benzene rings is 2. The summed E-state index contributed by atoms with van der Waals surface area (Å²) in [5.74, 6) is -0.474. The van der Waals surface area contributed by atoms with Crippen molar-refractivity contribution in [2.45, 2.75) is 25.4 Å². The van der Waals surface area contributed by atoms with E-state index in [1.807, 2.05) is 30.3 Å². The minimum absolute atomic E-state index is 0.0895. The van der Waals surface area contributed by atoms with Crippen LogP contribution in [0.25, 0.3) is 0 Å². The summed E-state index contributed by atoms with van der Waals surface area (Å²) in [7, 11) is 0. The van der Waals surface area contributed by atoms with E-state index in [0.29, 0.717) is 18.4 Å². The molecule has 0 heterocycles. The Labute approximate surface area is 129 Å². The third-order valence-electron chi connectivity index (χ3n) is 3.58. The topological polar surface area (TPSA) is 49.3 Å². The molecule has 0 fully saturated rings. The number of carbonyl (C=O) groups is 1. The van der Waals surface area contributed by atoms with E-state index in [1.165, 1.54) is 24.3 Å².